The Morgan fingerprint density at radius 2 is 1.76 bits per heavy atom. The van der Waals surface area contributed by atoms with Crippen LogP contribution in [0.15, 0.2) is 65.8 Å². The van der Waals surface area contributed by atoms with Crippen molar-refractivity contribution in [2.75, 3.05) is 11.3 Å². The van der Waals surface area contributed by atoms with Crippen LogP contribution in [0.4, 0.5) is 5.82 Å². The van der Waals surface area contributed by atoms with E-state index in [2.05, 4.69) is 35.6 Å². The minimum atomic E-state index is -3.81. The lowest BCUT2D eigenvalue weighted by atomic mass is 9.87. The van der Waals surface area contributed by atoms with Gasteiger partial charge in [0.15, 0.2) is 0 Å². The number of aryl methyl sites for hydroxylation is 1. The minimum Gasteiger partial charge on any atom is -0.493 e. The van der Waals surface area contributed by atoms with Gasteiger partial charge >= 0.3 is 0 Å². The summed E-state index contributed by atoms with van der Waals surface area (Å²) >= 11 is 0. The Morgan fingerprint density at radius 3 is 2.42 bits per heavy atom. The summed E-state index contributed by atoms with van der Waals surface area (Å²) in [6.07, 6.45) is 3.43. The van der Waals surface area contributed by atoms with Gasteiger partial charge in [-0.05, 0) is 55.2 Å². The van der Waals surface area contributed by atoms with Crippen LogP contribution in [0.2, 0.25) is 0 Å². The Bertz CT molecular complexity index is 1400. The molecule has 0 aliphatic rings. The van der Waals surface area contributed by atoms with E-state index in [1.54, 1.807) is 35.3 Å². The van der Waals surface area contributed by atoms with E-state index in [0.29, 0.717) is 23.9 Å². The van der Waals surface area contributed by atoms with Crippen LogP contribution in [-0.2, 0) is 15.4 Å². The third-order valence-corrected chi connectivity index (χ3v) is 6.75. The average molecular weight is 465 g/mol. The number of anilines is 1. The van der Waals surface area contributed by atoms with Gasteiger partial charge in [-0.2, -0.15) is 5.10 Å². The highest BCUT2D eigenvalue weighted by molar-refractivity contribution is 7.92. The van der Waals surface area contributed by atoms with E-state index >= 15 is 0 Å². The maximum absolute atomic E-state index is 13.2. The number of hydrogen-bond acceptors (Lipinski definition) is 5. The Kier molecular flexibility index (Phi) is 5.88. The summed E-state index contributed by atoms with van der Waals surface area (Å²) in [5.41, 5.74) is 2.42. The number of pyridine rings is 1. The van der Waals surface area contributed by atoms with Gasteiger partial charge in [0.05, 0.1) is 22.9 Å². The van der Waals surface area contributed by atoms with Crippen LogP contribution >= 0.6 is 0 Å². The van der Waals surface area contributed by atoms with E-state index in [4.69, 9.17) is 4.74 Å². The fraction of sp³-hybridized carbons (Fsp3) is 0.280. The average Bonchev–Trinajstić information content (AvgIpc) is 3.12. The summed E-state index contributed by atoms with van der Waals surface area (Å²) in [6, 6.07) is 14.3. The normalized spacial score (nSPS) is 12.2. The number of benzene rings is 2. The molecule has 2 aromatic carbocycles. The van der Waals surface area contributed by atoms with Crippen LogP contribution in [0, 0.1) is 6.92 Å². The van der Waals surface area contributed by atoms with Gasteiger partial charge in [0, 0.05) is 29.2 Å². The monoisotopic (exact) mass is 464 g/mol. The summed E-state index contributed by atoms with van der Waals surface area (Å²) in [5.74, 6) is 1.07. The molecule has 0 aliphatic carbocycles. The number of fused-ring (bicyclic) bond motifs is 1. The van der Waals surface area contributed by atoms with Gasteiger partial charge in [0.2, 0.25) is 0 Å². The third kappa shape index (κ3) is 4.57. The molecule has 2 aromatic heterocycles. The molecule has 1 N–H and O–H groups in total. The van der Waals surface area contributed by atoms with Crippen molar-refractivity contribution in [2.45, 2.75) is 44.9 Å². The quantitative estimate of drug-likeness (QED) is 0.422. The first kappa shape index (κ1) is 22.8. The SMILES string of the molecule is CCOc1ccc(-n2nc(C)cc2NS(=O)(=O)c2ccc(C(C)(C)C)cc2)c2ccncc12. The van der Waals surface area contributed by atoms with E-state index in [0.717, 1.165) is 22.0 Å². The summed E-state index contributed by atoms with van der Waals surface area (Å²) in [5, 5.41) is 6.25. The minimum absolute atomic E-state index is 0.0605. The van der Waals surface area contributed by atoms with Crippen molar-refractivity contribution in [2.24, 2.45) is 0 Å². The van der Waals surface area contributed by atoms with Crippen molar-refractivity contribution in [3.8, 4) is 11.4 Å². The number of rotatable bonds is 6. The molecule has 0 amide bonds. The Hall–Kier alpha value is -3.39. The lowest BCUT2D eigenvalue weighted by Gasteiger charge is -2.19. The number of hydrogen-bond donors (Lipinski definition) is 1. The Morgan fingerprint density at radius 1 is 1.03 bits per heavy atom. The van der Waals surface area contributed by atoms with Crippen molar-refractivity contribution >= 4 is 26.6 Å². The number of ether oxygens (including phenoxy) is 1. The van der Waals surface area contributed by atoms with Crippen molar-refractivity contribution in [1.29, 1.82) is 0 Å². The summed E-state index contributed by atoms with van der Waals surface area (Å²) in [7, 11) is -3.81. The summed E-state index contributed by atoms with van der Waals surface area (Å²) in [6.45, 7) is 10.5. The zero-order valence-electron chi connectivity index (χ0n) is 19.5. The standard InChI is InChI=1S/C25H28N4O3S/c1-6-32-23-12-11-22(20-13-14-26-16-21(20)23)29-24(15-17(2)27-29)28-33(30,31)19-9-7-18(8-10-19)25(3,4)5/h7-16,28H,6H2,1-5H3. The molecule has 2 heterocycles. The highest BCUT2D eigenvalue weighted by atomic mass is 32.2. The molecule has 33 heavy (non-hydrogen) atoms. The van der Waals surface area contributed by atoms with Crippen LogP contribution in [-0.4, -0.2) is 29.8 Å². The van der Waals surface area contributed by atoms with Gasteiger partial charge in [-0.25, -0.2) is 13.1 Å². The second-order valence-electron chi connectivity index (χ2n) is 8.90. The molecule has 0 saturated heterocycles. The number of sulfonamides is 1. The maximum atomic E-state index is 13.2. The Labute approximate surface area is 194 Å². The van der Waals surface area contributed by atoms with Crippen molar-refractivity contribution in [3.63, 3.8) is 0 Å². The van der Waals surface area contributed by atoms with Crippen molar-refractivity contribution in [1.82, 2.24) is 14.8 Å². The van der Waals surface area contributed by atoms with Gasteiger partial charge in [-0.1, -0.05) is 32.9 Å². The summed E-state index contributed by atoms with van der Waals surface area (Å²) < 4.78 is 36.4. The summed E-state index contributed by atoms with van der Waals surface area (Å²) in [4.78, 5) is 4.42. The first-order chi connectivity index (χ1) is 15.6. The van der Waals surface area contributed by atoms with E-state index in [9.17, 15) is 8.42 Å². The van der Waals surface area contributed by atoms with Gasteiger partial charge in [0.1, 0.15) is 11.6 Å². The van der Waals surface area contributed by atoms with Gasteiger partial charge in [0.25, 0.3) is 10.0 Å². The topological polar surface area (TPSA) is 86.1 Å². The third-order valence-electron chi connectivity index (χ3n) is 5.38. The molecule has 172 valence electrons. The molecule has 0 unspecified atom stereocenters. The first-order valence-electron chi connectivity index (χ1n) is 10.8. The van der Waals surface area contributed by atoms with Crippen LogP contribution in [0.5, 0.6) is 5.75 Å². The predicted octanol–water partition coefficient (Wildman–Crippen LogP) is 5.23. The molecule has 4 aromatic rings. The fourth-order valence-electron chi connectivity index (χ4n) is 3.70. The molecule has 0 fully saturated rings. The fourth-order valence-corrected chi connectivity index (χ4v) is 4.73. The number of nitrogens with zero attached hydrogens (tertiary/aromatic N) is 3. The van der Waals surface area contributed by atoms with Crippen LogP contribution < -0.4 is 9.46 Å². The molecule has 7 nitrogen and oxygen atoms in total. The molecule has 0 atom stereocenters. The first-order valence-corrected chi connectivity index (χ1v) is 12.3. The molecular formula is C25H28N4O3S. The van der Waals surface area contributed by atoms with Crippen LogP contribution in [0.1, 0.15) is 39.0 Å². The molecule has 8 heteroatoms. The van der Waals surface area contributed by atoms with E-state index in [1.165, 1.54) is 0 Å². The zero-order chi connectivity index (χ0) is 23.8. The Balaban J connectivity index is 1.76. The van der Waals surface area contributed by atoms with Gasteiger partial charge < -0.3 is 4.74 Å². The molecular weight excluding hydrogens is 436 g/mol. The number of aromatic nitrogens is 3. The molecule has 0 spiro atoms. The van der Waals surface area contributed by atoms with Gasteiger partial charge in [-0.15, -0.1) is 0 Å². The lowest BCUT2D eigenvalue weighted by molar-refractivity contribution is 0.344. The lowest BCUT2D eigenvalue weighted by Crippen LogP contribution is -2.17. The smallest absolute Gasteiger partial charge is 0.263 e. The maximum Gasteiger partial charge on any atom is 0.263 e. The predicted molar refractivity (Wildman–Crippen MR) is 131 cm³/mol. The van der Waals surface area contributed by atoms with E-state index < -0.39 is 10.0 Å². The zero-order valence-corrected chi connectivity index (χ0v) is 20.3. The molecule has 0 saturated carbocycles. The van der Waals surface area contributed by atoms with Gasteiger partial charge in [-0.3, -0.25) is 9.71 Å². The molecule has 0 bridgehead atoms. The van der Waals surface area contributed by atoms with E-state index in [-0.39, 0.29) is 10.3 Å². The largest absolute Gasteiger partial charge is 0.493 e. The molecule has 0 radical (unpaired) electrons. The highest BCUT2D eigenvalue weighted by Crippen LogP contribution is 2.32. The van der Waals surface area contributed by atoms with E-state index in [1.807, 2.05) is 44.2 Å². The van der Waals surface area contributed by atoms with Crippen molar-refractivity contribution < 1.29 is 13.2 Å². The number of nitrogens with one attached hydrogen (secondary N) is 1. The van der Waals surface area contributed by atoms with Crippen LogP contribution in [0.25, 0.3) is 16.5 Å². The molecule has 0 aliphatic heterocycles. The van der Waals surface area contributed by atoms with Crippen molar-refractivity contribution in [3.05, 3.63) is 72.2 Å². The second kappa shape index (κ2) is 8.51. The highest BCUT2D eigenvalue weighted by Gasteiger charge is 2.21. The van der Waals surface area contributed by atoms with Crippen LogP contribution in [0.3, 0.4) is 0 Å². The second-order valence-corrected chi connectivity index (χ2v) is 10.6. The molecule has 4 rings (SSSR count).